The zero-order chi connectivity index (χ0) is 22.7. The van der Waals surface area contributed by atoms with E-state index in [1.54, 1.807) is 32.6 Å². The molecular weight excluding hydrogens is 415 g/mol. The van der Waals surface area contributed by atoms with Crippen molar-refractivity contribution in [2.45, 2.75) is 37.9 Å². The Bertz CT molecular complexity index is 961. The fraction of sp³-hybridized carbons (Fsp3) is 0.545. The molecule has 1 aliphatic heterocycles. The van der Waals surface area contributed by atoms with Crippen LogP contribution in [-0.4, -0.2) is 76.3 Å². The van der Waals surface area contributed by atoms with Crippen molar-refractivity contribution in [1.82, 2.24) is 24.6 Å². The maximum atomic E-state index is 14.2. The summed E-state index contributed by atoms with van der Waals surface area (Å²) in [5, 5.41) is 7.36. The highest BCUT2D eigenvalue weighted by Crippen LogP contribution is 2.32. The van der Waals surface area contributed by atoms with E-state index in [1.807, 2.05) is 10.9 Å². The fourth-order valence-electron chi connectivity index (χ4n) is 3.87. The molecule has 32 heavy (non-hydrogen) atoms. The quantitative estimate of drug-likeness (QED) is 0.633. The van der Waals surface area contributed by atoms with Crippen LogP contribution in [0.4, 0.5) is 10.1 Å². The van der Waals surface area contributed by atoms with E-state index in [9.17, 15) is 14.0 Å². The molecule has 2 atom stereocenters. The van der Waals surface area contributed by atoms with Gasteiger partial charge in [-0.1, -0.05) is 0 Å². The van der Waals surface area contributed by atoms with Gasteiger partial charge in [0.05, 0.1) is 30.7 Å². The van der Waals surface area contributed by atoms with Gasteiger partial charge in [-0.3, -0.25) is 24.2 Å². The predicted octanol–water partition coefficient (Wildman–Crippen LogP) is 1.69. The monoisotopic (exact) mass is 444 g/mol. The summed E-state index contributed by atoms with van der Waals surface area (Å²) >= 11 is 0. The molecule has 2 fully saturated rings. The lowest BCUT2D eigenvalue weighted by atomic mass is 10.2. The average molecular weight is 445 g/mol. The minimum Gasteiger partial charge on any atom is -0.370 e. The summed E-state index contributed by atoms with van der Waals surface area (Å²) in [6.07, 6.45) is 8.92. The van der Waals surface area contributed by atoms with Crippen LogP contribution in [-0.2, 0) is 20.9 Å². The Morgan fingerprint density at radius 3 is 2.84 bits per heavy atom. The topological polar surface area (TPSA) is 92.6 Å². The number of hydrogen-bond acceptors (Lipinski definition) is 6. The summed E-state index contributed by atoms with van der Waals surface area (Å²) in [6, 6.07) is 1.72. The van der Waals surface area contributed by atoms with E-state index >= 15 is 0 Å². The van der Waals surface area contributed by atoms with E-state index in [2.05, 4.69) is 20.3 Å². The number of amides is 2. The van der Waals surface area contributed by atoms with Gasteiger partial charge in [0.2, 0.25) is 11.8 Å². The van der Waals surface area contributed by atoms with Gasteiger partial charge < -0.3 is 15.0 Å². The standard InChI is InChI=1S/C22H29FN6O3/c1-27(2)21(30)14-32-13-19-7-18(12-28(19)10-16-5-6-24-9-20(16)23)29-11-17(8-25-29)26-22(31)15-3-4-15/h5-6,8-9,11,15,18-19H,3-4,7,10,12-14H2,1-2H3,(H,26,31)/t18-,19-/m0/s1. The van der Waals surface area contributed by atoms with Crippen LogP contribution in [0.25, 0.3) is 0 Å². The Balaban J connectivity index is 1.42. The maximum Gasteiger partial charge on any atom is 0.248 e. The molecule has 0 aromatic carbocycles. The molecule has 1 aliphatic carbocycles. The molecule has 172 valence electrons. The molecule has 1 saturated heterocycles. The van der Waals surface area contributed by atoms with E-state index < -0.39 is 0 Å². The number of likely N-dealkylation sites (tertiary alicyclic amines) is 1. The van der Waals surface area contributed by atoms with Gasteiger partial charge in [0.1, 0.15) is 12.4 Å². The summed E-state index contributed by atoms with van der Waals surface area (Å²) in [5.74, 6) is -0.276. The molecule has 1 saturated carbocycles. The van der Waals surface area contributed by atoms with Crippen LogP contribution in [0.5, 0.6) is 0 Å². The van der Waals surface area contributed by atoms with Gasteiger partial charge >= 0.3 is 0 Å². The number of carbonyl (C=O) groups is 2. The first-order chi connectivity index (χ1) is 15.4. The number of pyridine rings is 1. The number of rotatable bonds is 9. The zero-order valence-electron chi connectivity index (χ0n) is 18.4. The highest BCUT2D eigenvalue weighted by molar-refractivity contribution is 5.93. The molecule has 0 unspecified atom stereocenters. The van der Waals surface area contributed by atoms with Crippen molar-refractivity contribution >= 4 is 17.5 Å². The van der Waals surface area contributed by atoms with Gasteiger partial charge in [-0.15, -0.1) is 0 Å². The van der Waals surface area contributed by atoms with E-state index in [1.165, 1.54) is 11.1 Å². The Morgan fingerprint density at radius 2 is 2.12 bits per heavy atom. The van der Waals surface area contributed by atoms with Crippen molar-refractivity contribution in [3.05, 3.63) is 42.2 Å². The third-order valence-corrected chi connectivity index (χ3v) is 5.96. The maximum absolute atomic E-state index is 14.2. The number of nitrogens with zero attached hydrogens (tertiary/aromatic N) is 5. The molecule has 2 aromatic heterocycles. The first kappa shape index (κ1) is 22.3. The lowest BCUT2D eigenvalue weighted by Crippen LogP contribution is -2.35. The SMILES string of the molecule is CN(C)C(=O)COC[C@@H]1C[C@H](n2cc(NC(=O)C3CC3)cn2)CN1Cc1ccncc1F. The fourth-order valence-corrected chi connectivity index (χ4v) is 3.87. The zero-order valence-corrected chi connectivity index (χ0v) is 18.4. The second kappa shape index (κ2) is 9.74. The summed E-state index contributed by atoms with van der Waals surface area (Å²) in [7, 11) is 3.38. The van der Waals surface area contributed by atoms with E-state index in [0.717, 1.165) is 19.3 Å². The van der Waals surface area contributed by atoms with Crippen molar-refractivity contribution in [2.75, 3.05) is 39.2 Å². The van der Waals surface area contributed by atoms with Gasteiger partial charge in [0, 0.05) is 57.1 Å². The van der Waals surface area contributed by atoms with Crippen LogP contribution in [0.15, 0.2) is 30.9 Å². The third kappa shape index (κ3) is 5.49. The Kier molecular flexibility index (Phi) is 6.80. The van der Waals surface area contributed by atoms with Crippen molar-refractivity contribution in [3.8, 4) is 0 Å². The molecular formula is C22H29FN6O3. The first-order valence-corrected chi connectivity index (χ1v) is 10.9. The van der Waals surface area contributed by atoms with Crippen molar-refractivity contribution in [3.63, 3.8) is 0 Å². The van der Waals surface area contributed by atoms with Crippen LogP contribution in [0.1, 0.15) is 30.9 Å². The Hall–Kier alpha value is -2.85. The normalized spacial score (nSPS) is 21.0. The minimum atomic E-state index is -0.345. The smallest absolute Gasteiger partial charge is 0.248 e. The van der Waals surface area contributed by atoms with Crippen LogP contribution in [0, 0.1) is 11.7 Å². The number of ether oxygens (including phenoxy) is 1. The number of anilines is 1. The molecule has 4 rings (SSSR count). The molecule has 0 spiro atoms. The molecule has 2 aromatic rings. The molecule has 1 N–H and O–H groups in total. The lowest BCUT2D eigenvalue weighted by Gasteiger charge is -2.24. The molecule has 2 aliphatic rings. The second-order valence-electron chi connectivity index (χ2n) is 8.72. The summed E-state index contributed by atoms with van der Waals surface area (Å²) in [5.41, 5.74) is 1.25. The summed E-state index contributed by atoms with van der Waals surface area (Å²) in [4.78, 5) is 31.3. The number of carbonyl (C=O) groups excluding carboxylic acids is 2. The number of halogens is 1. The van der Waals surface area contributed by atoms with Gasteiger partial charge in [0.25, 0.3) is 0 Å². The largest absolute Gasteiger partial charge is 0.370 e. The lowest BCUT2D eigenvalue weighted by molar-refractivity contribution is -0.134. The van der Waals surface area contributed by atoms with Crippen LogP contribution in [0.2, 0.25) is 0 Å². The Morgan fingerprint density at radius 1 is 1.31 bits per heavy atom. The molecule has 0 bridgehead atoms. The average Bonchev–Trinajstić information content (AvgIpc) is 3.40. The summed E-state index contributed by atoms with van der Waals surface area (Å²) in [6.45, 7) is 1.42. The molecule has 0 radical (unpaired) electrons. The Labute approximate surface area is 186 Å². The molecule has 2 amide bonds. The summed E-state index contributed by atoms with van der Waals surface area (Å²) < 4.78 is 21.7. The van der Waals surface area contributed by atoms with Crippen LogP contribution < -0.4 is 5.32 Å². The van der Waals surface area contributed by atoms with Crippen molar-refractivity contribution < 1.29 is 18.7 Å². The van der Waals surface area contributed by atoms with Crippen LogP contribution in [0.3, 0.4) is 0 Å². The van der Waals surface area contributed by atoms with Crippen molar-refractivity contribution in [1.29, 1.82) is 0 Å². The first-order valence-electron chi connectivity index (χ1n) is 10.9. The van der Waals surface area contributed by atoms with E-state index in [-0.39, 0.29) is 42.2 Å². The minimum absolute atomic E-state index is 0.00349. The predicted molar refractivity (Wildman–Crippen MR) is 115 cm³/mol. The van der Waals surface area contributed by atoms with Crippen LogP contribution >= 0.6 is 0 Å². The van der Waals surface area contributed by atoms with Gasteiger partial charge in [-0.25, -0.2) is 4.39 Å². The number of hydrogen-bond donors (Lipinski definition) is 1. The number of aromatic nitrogens is 3. The second-order valence-corrected chi connectivity index (χ2v) is 8.72. The molecule has 9 nitrogen and oxygen atoms in total. The van der Waals surface area contributed by atoms with Gasteiger partial charge in [-0.05, 0) is 25.3 Å². The highest BCUT2D eigenvalue weighted by atomic mass is 19.1. The molecule has 3 heterocycles. The van der Waals surface area contributed by atoms with Gasteiger partial charge in [0.15, 0.2) is 0 Å². The van der Waals surface area contributed by atoms with Crippen molar-refractivity contribution in [2.24, 2.45) is 5.92 Å². The highest BCUT2D eigenvalue weighted by Gasteiger charge is 2.35. The number of likely N-dealkylation sites (N-methyl/N-ethyl adjacent to an activating group) is 1. The van der Waals surface area contributed by atoms with E-state index in [4.69, 9.17) is 4.74 Å². The number of nitrogens with one attached hydrogen (secondary N) is 1. The third-order valence-electron chi connectivity index (χ3n) is 5.96. The van der Waals surface area contributed by atoms with Gasteiger partial charge in [-0.2, -0.15) is 5.10 Å². The van der Waals surface area contributed by atoms with E-state index in [0.29, 0.717) is 30.9 Å². The molecule has 10 heteroatoms.